The Hall–Kier alpha value is -1.02. The van der Waals surface area contributed by atoms with Crippen molar-refractivity contribution in [2.45, 2.75) is 39.2 Å². The molecule has 0 spiro atoms. The van der Waals surface area contributed by atoms with Crippen LogP contribution in [0, 0.1) is 5.41 Å². The summed E-state index contributed by atoms with van der Waals surface area (Å²) in [5, 5.41) is 3.60. The Labute approximate surface area is 104 Å². The minimum absolute atomic E-state index is 0.188. The summed E-state index contributed by atoms with van der Waals surface area (Å²) in [6, 6.07) is 8.35. The Morgan fingerprint density at radius 2 is 1.94 bits per heavy atom. The summed E-state index contributed by atoms with van der Waals surface area (Å²) in [7, 11) is 1.75. The molecule has 1 atom stereocenters. The van der Waals surface area contributed by atoms with E-state index >= 15 is 0 Å². The first-order chi connectivity index (χ1) is 7.98. The Bertz CT molecular complexity index is 400. The van der Waals surface area contributed by atoms with Gasteiger partial charge in [-0.3, -0.25) is 0 Å². The van der Waals surface area contributed by atoms with Crippen LogP contribution >= 0.6 is 0 Å². The van der Waals surface area contributed by atoms with Crippen LogP contribution in [-0.4, -0.2) is 19.2 Å². The highest BCUT2D eigenvalue weighted by Gasteiger charge is 2.44. The minimum atomic E-state index is 0.188. The third-order valence-corrected chi connectivity index (χ3v) is 4.53. The van der Waals surface area contributed by atoms with Gasteiger partial charge in [-0.15, -0.1) is 0 Å². The molecule has 94 valence electrons. The van der Waals surface area contributed by atoms with Crippen LogP contribution in [0.25, 0.3) is 0 Å². The molecule has 1 saturated heterocycles. The number of hydrogen-bond acceptors (Lipinski definition) is 2. The second-order valence-electron chi connectivity index (χ2n) is 5.85. The third kappa shape index (κ3) is 2.19. The molecule has 1 aliphatic rings. The summed E-state index contributed by atoms with van der Waals surface area (Å²) >= 11 is 0. The van der Waals surface area contributed by atoms with Crippen LogP contribution in [0.15, 0.2) is 24.3 Å². The average Bonchev–Trinajstić information content (AvgIpc) is 2.54. The van der Waals surface area contributed by atoms with E-state index in [1.807, 2.05) is 12.1 Å². The molecule has 0 saturated carbocycles. The van der Waals surface area contributed by atoms with E-state index in [4.69, 9.17) is 4.74 Å². The molecule has 0 amide bonds. The lowest BCUT2D eigenvalue weighted by atomic mass is 9.70. The van der Waals surface area contributed by atoms with Crippen molar-refractivity contribution in [3.8, 4) is 5.75 Å². The van der Waals surface area contributed by atoms with Gasteiger partial charge in [-0.25, -0.2) is 0 Å². The second kappa shape index (κ2) is 4.34. The summed E-state index contributed by atoms with van der Waals surface area (Å²) in [6.45, 7) is 8.09. The van der Waals surface area contributed by atoms with Crippen LogP contribution < -0.4 is 10.1 Å². The molecule has 1 fully saturated rings. The fourth-order valence-electron chi connectivity index (χ4n) is 2.76. The monoisotopic (exact) mass is 233 g/mol. The van der Waals surface area contributed by atoms with Gasteiger partial charge in [-0.1, -0.05) is 25.1 Å². The Morgan fingerprint density at radius 3 is 2.53 bits per heavy atom. The van der Waals surface area contributed by atoms with E-state index in [0.717, 1.165) is 18.7 Å². The lowest BCUT2D eigenvalue weighted by Gasteiger charge is -2.38. The first-order valence-electron chi connectivity index (χ1n) is 6.35. The molecule has 0 aliphatic carbocycles. The van der Waals surface area contributed by atoms with Crippen molar-refractivity contribution in [1.82, 2.24) is 5.32 Å². The van der Waals surface area contributed by atoms with Crippen LogP contribution in [0.4, 0.5) is 0 Å². The molecule has 0 bridgehead atoms. The largest absolute Gasteiger partial charge is 0.496 e. The van der Waals surface area contributed by atoms with E-state index in [0.29, 0.717) is 5.41 Å². The molecule has 1 heterocycles. The Morgan fingerprint density at radius 1 is 1.24 bits per heavy atom. The van der Waals surface area contributed by atoms with E-state index in [1.165, 1.54) is 12.0 Å². The maximum absolute atomic E-state index is 5.45. The standard InChI is InChI=1S/C15H23NO/c1-14(2)15(3,9-10-16-14)11-12-7-5-6-8-13(12)17-4/h5-8,16H,9-11H2,1-4H3. The molecule has 1 N–H and O–H groups in total. The van der Waals surface area contributed by atoms with Crippen molar-refractivity contribution in [1.29, 1.82) is 0 Å². The molecular formula is C15H23NO. The number of rotatable bonds is 3. The highest BCUT2D eigenvalue weighted by molar-refractivity contribution is 5.34. The van der Waals surface area contributed by atoms with Gasteiger partial charge in [0.25, 0.3) is 0 Å². The number of benzene rings is 1. The highest BCUT2D eigenvalue weighted by atomic mass is 16.5. The van der Waals surface area contributed by atoms with Gasteiger partial charge in [0, 0.05) is 5.54 Å². The van der Waals surface area contributed by atoms with Gasteiger partial charge in [-0.05, 0) is 50.3 Å². The van der Waals surface area contributed by atoms with Crippen molar-refractivity contribution >= 4 is 0 Å². The molecule has 17 heavy (non-hydrogen) atoms. The van der Waals surface area contributed by atoms with Crippen LogP contribution in [0.1, 0.15) is 32.8 Å². The molecular weight excluding hydrogens is 210 g/mol. The Balaban J connectivity index is 2.26. The molecule has 2 nitrogen and oxygen atoms in total. The topological polar surface area (TPSA) is 21.3 Å². The maximum atomic E-state index is 5.45. The zero-order valence-electron chi connectivity index (χ0n) is 11.3. The lowest BCUT2D eigenvalue weighted by Crippen LogP contribution is -2.46. The zero-order valence-corrected chi connectivity index (χ0v) is 11.3. The molecule has 0 aromatic heterocycles. The average molecular weight is 233 g/mol. The zero-order chi connectivity index (χ0) is 12.5. The smallest absolute Gasteiger partial charge is 0.122 e. The number of ether oxygens (including phenoxy) is 1. The van der Waals surface area contributed by atoms with Crippen molar-refractivity contribution in [3.05, 3.63) is 29.8 Å². The minimum Gasteiger partial charge on any atom is -0.496 e. The number of hydrogen-bond donors (Lipinski definition) is 1. The number of nitrogens with one attached hydrogen (secondary N) is 1. The van der Waals surface area contributed by atoms with Crippen LogP contribution in [0.2, 0.25) is 0 Å². The Kier molecular flexibility index (Phi) is 3.17. The van der Waals surface area contributed by atoms with Gasteiger partial charge in [-0.2, -0.15) is 0 Å². The van der Waals surface area contributed by atoms with Crippen LogP contribution in [0.5, 0.6) is 5.75 Å². The summed E-state index contributed by atoms with van der Waals surface area (Å²) in [4.78, 5) is 0. The van der Waals surface area contributed by atoms with Crippen molar-refractivity contribution in [2.75, 3.05) is 13.7 Å². The van der Waals surface area contributed by atoms with Gasteiger partial charge in [0.05, 0.1) is 7.11 Å². The lowest BCUT2D eigenvalue weighted by molar-refractivity contribution is 0.194. The summed E-state index contributed by atoms with van der Waals surface area (Å²) in [5.41, 5.74) is 1.80. The molecule has 0 radical (unpaired) electrons. The van der Waals surface area contributed by atoms with Crippen LogP contribution in [0.3, 0.4) is 0 Å². The summed E-state index contributed by atoms with van der Waals surface area (Å²) in [6.07, 6.45) is 2.29. The van der Waals surface area contributed by atoms with E-state index in [-0.39, 0.29) is 5.54 Å². The summed E-state index contributed by atoms with van der Waals surface area (Å²) in [5.74, 6) is 1.01. The second-order valence-corrected chi connectivity index (χ2v) is 5.85. The number of para-hydroxylation sites is 1. The maximum Gasteiger partial charge on any atom is 0.122 e. The van der Waals surface area contributed by atoms with Gasteiger partial charge >= 0.3 is 0 Å². The normalized spacial score (nSPS) is 27.1. The SMILES string of the molecule is COc1ccccc1CC1(C)CCNC1(C)C. The van der Waals surface area contributed by atoms with E-state index in [1.54, 1.807) is 7.11 Å². The predicted octanol–water partition coefficient (Wildman–Crippen LogP) is 3.02. The first kappa shape index (κ1) is 12.4. The van der Waals surface area contributed by atoms with E-state index < -0.39 is 0 Å². The fraction of sp³-hybridized carbons (Fsp3) is 0.600. The molecule has 1 unspecified atom stereocenters. The predicted molar refractivity (Wildman–Crippen MR) is 71.5 cm³/mol. The third-order valence-electron chi connectivity index (χ3n) is 4.53. The van der Waals surface area contributed by atoms with Gasteiger partial charge in [0.15, 0.2) is 0 Å². The van der Waals surface area contributed by atoms with Crippen molar-refractivity contribution in [3.63, 3.8) is 0 Å². The van der Waals surface area contributed by atoms with Crippen molar-refractivity contribution in [2.24, 2.45) is 5.41 Å². The fourth-order valence-corrected chi connectivity index (χ4v) is 2.76. The van der Waals surface area contributed by atoms with Crippen molar-refractivity contribution < 1.29 is 4.74 Å². The number of methoxy groups -OCH3 is 1. The molecule has 1 aromatic carbocycles. The quantitative estimate of drug-likeness (QED) is 0.866. The van der Waals surface area contributed by atoms with Crippen LogP contribution in [-0.2, 0) is 6.42 Å². The molecule has 2 heteroatoms. The van der Waals surface area contributed by atoms with E-state index in [2.05, 4.69) is 38.2 Å². The van der Waals surface area contributed by atoms with Gasteiger partial charge in [0.2, 0.25) is 0 Å². The summed E-state index contributed by atoms with van der Waals surface area (Å²) < 4.78 is 5.45. The molecule has 1 aliphatic heterocycles. The first-order valence-corrected chi connectivity index (χ1v) is 6.35. The van der Waals surface area contributed by atoms with Gasteiger partial charge in [0.1, 0.15) is 5.75 Å². The van der Waals surface area contributed by atoms with Gasteiger partial charge < -0.3 is 10.1 Å². The molecule has 1 aromatic rings. The highest BCUT2D eigenvalue weighted by Crippen LogP contribution is 2.43. The molecule has 2 rings (SSSR count). The van der Waals surface area contributed by atoms with E-state index in [9.17, 15) is 0 Å².